The largest absolute Gasteiger partial charge is 0.396 e. The van der Waals surface area contributed by atoms with Gasteiger partial charge in [0.1, 0.15) is 0 Å². The molecule has 1 aliphatic carbocycles. The summed E-state index contributed by atoms with van der Waals surface area (Å²) in [6.45, 7) is 4.64. The minimum absolute atomic E-state index is 0.270. The van der Waals surface area contributed by atoms with Crippen LogP contribution in [0.2, 0.25) is 0 Å². The van der Waals surface area contributed by atoms with Crippen molar-refractivity contribution in [3.63, 3.8) is 0 Å². The first-order valence-electron chi connectivity index (χ1n) is 30.5. The molecule has 75 heavy (non-hydrogen) atoms. The molecule has 1 aliphatic rings. The topological polar surface area (TPSA) is 324 Å². The average molecular weight is 1090 g/mol. The first-order chi connectivity index (χ1) is 35.8. The monoisotopic (exact) mass is 1080 g/mol. The standard InChI is InChI=1S/C51H104O14.C8H16O2/c1-3-41(52)25-23-39-51(40-24-26-42(53)4-2,49(33-17-5-11-27-43(54)55,34-18-6-12-28-44(56)57)35-19-7-13-29-45(58)59)50(36-20-8-14-30-46(60)61,37-21-9-15-31-47(62)63)38-22-10-16-32-48(64)65;9-5-7-1-2-8(6-10)4-3-7/h41-48,52-65H,3-40H2,1-2H3;7-10H,1-6H2. The van der Waals surface area contributed by atoms with Crippen molar-refractivity contribution in [2.24, 2.45) is 28.1 Å². The Morgan fingerprint density at radius 2 is 0.493 bits per heavy atom. The summed E-state index contributed by atoms with van der Waals surface area (Å²) in [5, 5.41) is 157. The molecule has 2 unspecified atom stereocenters. The normalized spacial score (nSPS) is 16.8. The van der Waals surface area contributed by atoms with Crippen molar-refractivity contribution in [2.45, 2.75) is 333 Å². The molecule has 0 aliphatic heterocycles. The van der Waals surface area contributed by atoms with Crippen molar-refractivity contribution >= 4 is 0 Å². The zero-order valence-electron chi connectivity index (χ0n) is 47.5. The second-order valence-electron chi connectivity index (χ2n) is 23.3. The molecule has 0 aromatic rings. The van der Waals surface area contributed by atoms with Crippen molar-refractivity contribution in [1.29, 1.82) is 0 Å². The fraction of sp³-hybridized carbons (Fsp3) is 1.00. The predicted octanol–water partition coefficient (Wildman–Crippen LogP) is 8.17. The number of hydrogen-bond donors (Lipinski definition) is 16. The number of rotatable bonds is 50. The van der Waals surface area contributed by atoms with E-state index in [1.54, 1.807) is 0 Å². The number of hydrogen-bond acceptors (Lipinski definition) is 16. The Labute approximate surface area is 455 Å². The Morgan fingerprint density at radius 3 is 0.667 bits per heavy atom. The minimum Gasteiger partial charge on any atom is -0.396 e. The fourth-order valence-corrected chi connectivity index (χ4v) is 13.0. The van der Waals surface area contributed by atoms with Crippen molar-refractivity contribution in [1.82, 2.24) is 0 Å². The molecular formula is C59H120O16. The summed E-state index contributed by atoms with van der Waals surface area (Å²) in [4.78, 5) is 0. The van der Waals surface area contributed by atoms with Gasteiger partial charge in [0.25, 0.3) is 0 Å². The Hall–Kier alpha value is -0.640. The van der Waals surface area contributed by atoms with Gasteiger partial charge in [-0.05, 0) is 208 Å². The van der Waals surface area contributed by atoms with E-state index in [0.29, 0.717) is 89.3 Å². The Balaban J connectivity index is 0.00000485. The molecule has 1 saturated carbocycles. The van der Waals surface area contributed by atoms with Crippen LogP contribution in [0.1, 0.15) is 284 Å². The van der Waals surface area contributed by atoms with E-state index in [2.05, 4.69) is 0 Å². The van der Waals surface area contributed by atoms with Gasteiger partial charge in [0.15, 0.2) is 37.7 Å². The van der Waals surface area contributed by atoms with Crippen LogP contribution in [0.4, 0.5) is 0 Å². The third-order valence-corrected chi connectivity index (χ3v) is 17.4. The van der Waals surface area contributed by atoms with E-state index in [4.69, 9.17) is 10.2 Å². The van der Waals surface area contributed by atoms with E-state index >= 15 is 0 Å². The van der Waals surface area contributed by atoms with Crippen LogP contribution in [0.15, 0.2) is 0 Å². The molecule has 16 heteroatoms. The average Bonchev–Trinajstić information content (AvgIpc) is 3.36. The van der Waals surface area contributed by atoms with Crippen LogP contribution in [0.5, 0.6) is 0 Å². The first-order valence-corrected chi connectivity index (χ1v) is 30.5. The molecule has 0 saturated heterocycles. The van der Waals surface area contributed by atoms with Crippen LogP contribution >= 0.6 is 0 Å². The second-order valence-corrected chi connectivity index (χ2v) is 23.3. The highest BCUT2D eigenvalue weighted by Gasteiger charge is 2.59. The summed E-state index contributed by atoms with van der Waals surface area (Å²) in [5.74, 6) is 1.03. The van der Waals surface area contributed by atoms with E-state index in [0.717, 1.165) is 167 Å². The molecule has 16 nitrogen and oxygen atoms in total. The Bertz CT molecular complexity index is 1050. The third-order valence-electron chi connectivity index (χ3n) is 17.4. The maximum absolute atomic E-state index is 11.1. The first kappa shape index (κ1) is 74.4. The SMILES string of the molecule is CCC(O)CCCC(CCCC(O)CC)(C(CCCCCC(O)O)(CCCCCC(O)O)CCCCCC(O)O)C(CCCCCC(O)O)(CCCCCC(O)O)CCCCCC(O)O.OCC1CCC(CO)CC1. The maximum atomic E-state index is 11.1. The van der Waals surface area contributed by atoms with Gasteiger partial charge in [-0.1, -0.05) is 104 Å². The number of aliphatic hydroxyl groups excluding tert-OH is 10. The summed E-state index contributed by atoms with van der Waals surface area (Å²) in [6, 6.07) is 0. The Morgan fingerprint density at radius 1 is 0.280 bits per heavy atom. The van der Waals surface area contributed by atoms with Gasteiger partial charge < -0.3 is 81.7 Å². The van der Waals surface area contributed by atoms with Crippen LogP contribution in [0.3, 0.4) is 0 Å². The van der Waals surface area contributed by atoms with Gasteiger partial charge in [0.05, 0.1) is 12.2 Å². The molecule has 16 N–H and O–H groups in total. The van der Waals surface area contributed by atoms with Crippen molar-refractivity contribution in [3.05, 3.63) is 0 Å². The van der Waals surface area contributed by atoms with Crippen LogP contribution in [0, 0.1) is 28.1 Å². The third kappa shape index (κ3) is 35.0. The maximum Gasteiger partial charge on any atom is 0.151 e. The van der Waals surface area contributed by atoms with Gasteiger partial charge in [-0.25, -0.2) is 0 Å². The fourth-order valence-electron chi connectivity index (χ4n) is 13.0. The van der Waals surface area contributed by atoms with Gasteiger partial charge in [-0.15, -0.1) is 0 Å². The summed E-state index contributed by atoms with van der Waals surface area (Å²) >= 11 is 0. The van der Waals surface area contributed by atoms with Crippen molar-refractivity contribution in [2.75, 3.05) is 13.2 Å². The smallest absolute Gasteiger partial charge is 0.151 e. The van der Waals surface area contributed by atoms with E-state index in [1.807, 2.05) is 13.8 Å². The molecule has 0 spiro atoms. The molecular weight excluding hydrogens is 965 g/mol. The highest BCUT2D eigenvalue weighted by Crippen LogP contribution is 2.69. The van der Waals surface area contributed by atoms with Crippen LogP contribution in [-0.4, -0.2) is 145 Å². The number of unbranched alkanes of at least 4 members (excludes halogenated alkanes) is 12. The van der Waals surface area contributed by atoms with Gasteiger partial charge in [0, 0.05) is 13.2 Å². The lowest BCUT2D eigenvalue weighted by Crippen LogP contribution is -2.55. The van der Waals surface area contributed by atoms with Gasteiger partial charge in [-0.3, -0.25) is 0 Å². The molecule has 0 bridgehead atoms. The van der Waals surface area contributed by atoms with E-state index in [1.165, 1.54) is 0 Å². The lowest BCUT2D eigenvalue weighted by Gasteiger charge is -2.64. The molecule has 0 heterocycles. The summed E-state index contributed by atoms with van der Waals surface area (Å²) < 4.78 is 0. The van der Waals surface area contributed by atoms with Gasteiger partial charge in [-0.2, -0.15) is 0 Å². The predicted molar refractivity (Wildman–Crippen MR) is 295 cm³/mol. The van der Waals surface area contributed by atoms with Crippen molar-refractivity contribution in [3.8, 4) is 0 Å². The number of aliphatic hydroxyl groups is 16. The highest BCUT2D eigenvalue weighted by atomic mass is 16.5. The van der Waals surface area contributed by atoms with E-state index < -0.39 is 49.9 Å². The molecule has 0 aromatic carbocycles. The molecule has 452 valence electrons. The van der Waals surface area contributed by atoms with Crippen LogP contribution < -0.4 is 0 Å². The molecule has 0 radical (unpaired) electrons. The minimum atomic E-state index is -1.39. The lowest BCUT2D eigenvalue weighted by atomic mass is 9.41. The van der Waals surface area contributed by atoms with E-state index in [9.17, 15) is 71.5 Å². The quantitative estimate of drug-likeness (QED) is 0.0202. The second kappa shape index (κ2) is 46.0. The summed E-state index contributed by atoms with van der Waals surface area (Å²) in [5.41, 5.74) is -1.02. The lowest BCUT2D eigenvalue weighted by molar-refractivity contribution is -0.142. The van der Waals surface area contributed by atoms with Crippen LogP contribution in [0.25, 0.3) is 0 Å². The van der Waals surface area contributed by atoms with Crippen molar-refractivity contribution < 1.29 is 81.7 Å². The van der Waals surface area contributed by atoms with E-state index in [-0.39, 0.29) is 54.8 Å². The molecule has 1 rings (SSSR count). The van der Waals surface area contributed by atoms with Gasteiger partial charge >= 0.3 is 0 Å². The summed E-state index contributed by atoms with van der Waals surface area (Å²) in [6.07, 6.45) is 21.0. The molecule has 2 atom stereocenters. The highest BCUT2D eigenvalue weighted by molar-refractivity contribution is 5.09. The zero-order valence-corrected chi connectivity index (χ0v) is 47.5. The summed E-state index contributed by atoms with van der Waals surface area (Å²) in [7, 11) is 0. The zero-order chi connectivity index (χ0) is 56.4. The molecule has 1 fully saturated rings. The molecule has 0 amide bonds. The van der Waals surface area contributed by atoms with Crippen LogP contribution in [-0.2, 0) is 0 Å². The molecule has 0 aromatic heterocycles. The van der Waals surface area contributed by atoms with Gasteiger partial charge in [0.2, 0.25) is 0 Å². The Kier molecular flexibility index (Phi) is 45.6.